The fourth-order valence-corrected chi connectivity index (χ4v) is 2.69. The number of aryl methyl sites for hydroxylation is 2. The molecule has 3 atom stereocenters. The Balaban J connectivity index is 2.01. The molecule has 1 aliphatic rings. The summed E-state index contributed by atoms with van der Waals surface area (Å²) in [6, 6.07) is 6.69. The summed E-state index contributed by atoms with van der Waals surface area (Å²) in [4.78, 5) is 0. The third-order valence-corrected chi connectivity index (χ3v) is 4.12. The molecule has 0 nitrogen and oxygen atoms in total. The SMILES string of the molecule is Cc1ccc(CC(Cl)C2CC2C)cc1C. The maximum Gasteiger partial charge on any atom is 0.0407 e. The molecule has 3 unspecified atom stereocenters. The third kappa shape index (κ3) is 2.55. The Bertz CT molecular complexity index is 356. The average molecular weight is 223 g/mol. The van der Waals surface area contributed by atoms with Crippen molar-refractivity contribution < 1.29 is 0 Å². The molecular weight excluding hydrogens is 204 g/mol. The van der Waals surface area contributed by atoms with E-state index in [0.29, 0.717) is 5.38 Å². The molecule has 0 saturated heterocycles. The van der Waals surface area contributed by atoms with E-state index in [1.54, 1.807) is 0 Å². The van der Waals surface area contributed by atoms with Crippen LogP contribution in [0.2, 0.25) is 0 Å². The van der Waals surface area contributed by atoms with E-state index in [4.69, 9.17) is 11.6 Å². The van der Waals surface area contributed by atoms with Gasteiger partial charge in [-0.25, -0.2) is 0 Å². The number of hydrogen-bond donors (Lipinski definition) is 0. The normalized spacial score (nSPS) is 26.4. The van der Waals surface area contributed by atoms with Crippen molar-refractivity contribution in [2.45, 2.75) is 39.0 Å². The molecule has 1 aromatic carbocycles. The Morgan fingerprint density at radius 3 is 2.53 bits per heavy atom. The number of halogens is 1. The van der Waals surface area contributed by atoms with Gasteiger partial charge in [-0.2, -0.15) is 0 Å². The van der Waals surface area contributed by atoms with Gasteiger partial charge in [0.1, 0.15) is 0 Å². The van der Waals surface area contributed by atoms with Crippen molar-refractivity contribution in [2.24, 2.45) is 11.8 Å². The van der Waals surface area contributed by atoms with Crippen LogP contribution in [0.1, 0.15) is 30.0 Å². The van der Waals surface area contributed by atoms with E-state index >= 15 is 0 Å². The smallest absolute Gasteiger partial charge is 0.0407 e. The lowest BCUT2D eigenvalue weighted by molar-refractivity contribution is 0.682. The first-order valence-corrected chi connectivity index (χ1v) is 6.22. The minimum atomic E-state index is 0.335. The van der Waals surface area contributed by atoms with Gasteiger partial charge in [0.25, 0.3) is 0 Å². The van der Waals surface area contributed by atoms with E-state index < -0.39 is 0 Å². The molecule has 0 aliphatic heterocycles. The summed E-state index contributed by atoms with van der Waals surface area (Å²) in [5.74, 6) is 1.60. The van der Waals surface area contributed by atoms with Crippen LogP contribution in [0.4, 0.5) is 0 Å². The minimum absolute atomic E-state index is 0.335. The van der Waals surface area contributed by atoms with Crippen LogP contribution in [0.25, 0.3) is 0 Å². The lowest BCUT2D eigenvalue weighted by Crippen LogP contribution is -2.07. The molecule has 1 heteroatoms. The highest BCUT2D eigenvalue weighted by atomic mass is 35.5. The molecule has 1 saturated carbocycles. The molecule has 15 heavy (non-hydrogen) atoms. The summed E-state index contributed by atoms with van der Waals surface area (Å²) < 4.78 is 0. The van der Waals surface area contributed by atoms with Crippen LogP contribution in [0.15, 0.2) is 18.2 Å². The molecular formula is C14H19Cl. The van der Waals surface area contributed by atoms with E-state index in [1.165, 1.54) is 23.1 Å². The molecule has 0 aromatic heterocycles. The zero-order chi connectivity index (χ0) is 11.0. The first-order chi connectivity index (χ1) is 7.08. The summed E-state index contributed by atoms with van der Waals surface area (Å²) in [5.41, 5.74) is 4.13. The summed E-state index contributed by atoms with van der Waals surface area (Å²) in [5, 5.41) is 0.335. The standard InChI is InChI=1S/C14H19Cl/c1-9-4-5-12(6-10(9)2)8-14(15)13-7-11(13)3/h4-6,11,13-14H,7-8H2,1-3H3. The summed E-state index contributed by atoms with van der Waals surface area (Å²) in [6.07, 6.45) is 2.34. The van der Waals surface area contributed by atoms with Crippen LogP contribution in [0.3, 0.4) is 0 Å². The predicted octanol–water partition coefficient (Wildman–Crippen LogP) is 4.11. The summed E-state index contributed by atoms with van der Waals surface area (Å²) in [7, 11) is 0. The number of rotatable bonds is 3. The van der Waals surface area contributed by atoms with Crippen molar-refractivity contribution >= 4 is 11.6 Å². The minimum Gasteiger partial charge on any atom is -0.122 e. The molecule has 1 aromatic rings. The quantitative estimate of drug-likeness (QED) is 0.676. The van der Waals surface area contributed by atoms with Crippen molar-refractivity contribution in [1.29, 1.82) is 0 Å². The second kappa shape index (κ2) is 4.17. The highest BCUT2D eigenvalue weighted by Gasteiger charge is 2.38. The summed E-state index contributed by atoms with van der Waals surface area (Å²) in [6.45, 7) is 6.61. The first kappa shape index (κ1) is 11.0. The van der Waals surface area contributed by atoms with Gasteiger partial charge in [0.05, 0.1) is 0 Å². The topological polar surface area (TPSA) is 0 Å². The first-order valence-electron chi connectivity index (χ1n) is 5.78. The van der Waals surface area contributed by atoms with E-state index in [-0.39, 0.29) is 0 Å². The van der Waals surface area contributed by atoms with Gasteiger partial charge >= 0.3 is 0 Å². The maximum absolute atomic E-state index is 6.40. The van der Waals surface area contributed by atoms with E-state index in [2.05, 4.69) is 39.0 Å². The van der Waals surface area contributed by atoms with Crippen LogP contribution < -0.4 is 0 Å². The fourth-order valence-electron chi connectivity index (χ4n) is 2.16. The molecule has 0 amide bonds. The van der Waals surface area contributed by atoms with Gasteiger partial charge in [-0.15, -0.1) is 11.6 Å². The molecule has 0 radical (unpaired) electrons. The van der Waals surface area contributed by atoms with E-state index in [1.807, 2.05) is 0 Å². The van der Waals surface area contributed by atoms with Crippen LogP contribution >= 0.6 is 11.6 Å². The van der Waals surface area contributed by atoms with E-state index in [0.717, 1.165) is 18.3 Å². The monoisotopic (exact) mass is 222 g/mol. The van der Waals surface area contributed by atoms with E-state index in [9.17, 15) is 0 Å². The summed E-state index contributed by atoms with van der Waals surface area (Å²) >= 11 is 6.40. The van der Waals surface area contributed by atoms with Gasteiger partial charge < -0.3 is 0 Å². The largest absolute Gasteiger partial charge is 0.122 e. The van der Waals surface area contributed by atoms with Gasteiger partial charge in [-0.05, 0) is 55.2 Å². The molecule has 2 rings (SSSR count). The molecule has 1 aliphatic carbocycles. The van der Waals surface area contributed by atoms with Crippen LogP contribution in [0, 0.1) is 25.7 Å². The Labute approximate surface area is 97.6 Å². The van der Waals surface area contributed by atoms with Crippen molar-refractivity contribution in [3.63, 3.8) is 0 Å². The molecule has 82 valence electrons. The predicted molar refractivity (Wildman–Crippen MR) is 66.5 cm³/mol. The second-order valence-electron chi connectivity index (χ2n) is 5.02. The van der Waals surface area contributed by atoms with Crippen molar-refractivity contribution in [1.82, 2.24) is 0 Å². The average Bonchev–Trinajstić information content (AvgIpc) is 2.89. The highest BCUT2D eigenvalue weighted by Crippen LogP contribution is 2.43. The third-order valence-electron chi connectivity index (χ3n) is 3.64. The Morgan fingerprint density at radius 2 is 2.00 bits per heavy atom. The van der Waals surface area contributed by atoms with Gasteiger partial charge in [-0.1, -0.05) is 25.1 Å². The van der Waals surface area contributed by atoms with Crippen molar-refractivity contribution in [2.75, 3.05) is 0 Å². The lowest BCUT2D eigenvalue weighted by atomic mass is 10.0. The van der Waals surface area contributed by atoms with Crippen molar-refractivity contribution in [3.05, 3.63) is 34.9 Å². The number of benzene rings is 1. The van der Waals surface area contributed by atoms with Gasteiger partial charge in [-0.3, -0.25) is 0 Å². The number of alkyl halides is 1. The zero-order valence-electron chi connectivity index (χ0n) is 9.76. The Morgan fingerprint density at radius 1 is 1.33 bits per heavy atom. The molecule has 0 N–H and O–H groups in total. The lowest BCUT2D eigenvalue weighted by Gasteiger charge is -2.10. The van der Waals surface area contributed by atoms with Gasteiger partial charge in [0.2, 0.25) is 0 Å². The van der Waals surface area contributed by atoms with Crippen LogP contribution in [-0.4, -0.2) is 5.38 Å². The zero-order valence-corrected chi connectivity index (χ0v) is 10.5. The van der Waals surface area contributed by atoms with Crippen LogP contribution in [-0.2, 0) is 6.42 Å². The van der Waals surface area contributed by atoms with Gasteiger partial charge in [0, 0.05) is 5.38 Å². The number of hydrogen-bond acceptors (Lipinski definition) is 0. The van der Waals surface area contributed by atoms with Crippen LogP contribution in [0.5, 0.6) is 0 Å². The van der Waals surface area contributed by atoms with Gasteiger partial charge in [0.15, 0.2) is 0 Å². The Hall–Kier alpha value is -0.490. The van der Waals surface area contributed by atoms with Crippen molar-refractivity contribution in [3.8, 4) is 0 Å². The highest BCUT2D eigenvalue weighted by molar-refractivity contribution is 6.21. The molecule has 0 spiro atoms. The maximum atomic E-state index is 6.40. The molecule has 1 fully saturated rings. The fraction of sp³-hybridized carbons (Fsp3) is 0.571. The molecule has 0 heterocycles. The second-order valence-corrected chi connectivity index (χ2v) is 5.58. The Kier molecular flexibility index (Phi) is 3.06. The molecule has 0 bridgehead atoms.